The molecule has 1 fully saturated rings. The molecule has 1 atom stereocenters. The maximum atomic E-state index is 12.2. The highest BCUT2D eigenvalue weighted by Crippen LogP contribution is 2.24. The quantitative estimate of drug-likeness (QED) is 0.891. The molecule has 5 nitrogen and oxygen atoms in total. The molecule has 0 radical (unpaired) electrons. The number of likely N-dealkylation sites (tertiary alicyclic amines) is 1. The maximum absolute atomic E-state index is 12.2. The summed E-state index contributed by atoms with van der Waals surface area (Å²) in [5.41, 5.74) is 0.274. The average Bonchev–Trinajstić information content (AvgIpc) is 2.87. The Kier molecular flexibility index (Phi) is 5.07. The summed E-state index contributed by atoms with van der Waals surface area (Å²) < 4.78 is 0. The number of anilines is 1. The number of hydrogen-bond acceptors (Lipinski definition) is 2. The number of hydrogen-bond donors (Lipinski definition) is 2. The van der Waals surface area contributed by atoms with Gasteiger partial charge in [-0.3, -0.25) is 0 Å². The summed E-state index contributed by atoms with van der Waals surface area (Å²) in [7, 11) is 0. The second kappa shape index (κ2) is 6.80. The third kappa shape index (κ3) is 3.88. The van der Waals surface area contributed by atoms with E-state index in [0.29, 0.717) is 17.5 Å². The number of carboxylic acids is 1. The number of nitrogens with one attached hydrogen (secondary N) is 1. The van der Waals surface area contributed by atoms with Gasteiger partial charge in [-0.15, -0.1) is 0 Å². The average molecular weight is 311 g/mol. The Morgan fingerprint density at radius 2 is 2.24 bits per heavy atom. The lowest BCUT2D eigenvalue weighted by Crippen LogP contribution is -2.33. The van der Waals surface area contributed by atoms with Crippen molar-refractivity contribution in [2.45, 2.75) is 26.2 Å². The van der Waals surface area contributed by atoms with Crippen LogP contribution < -0.4 is 5.32 Å². The number of amides is 2. The van der Waals surface area contributed by atoms with E-state index in [1.54, 1.807) is 4.90 Å². The molecule has 1 unspecified atom stereocenters. The molecule has 114 valence electrons. The summed E-state index contributed by atoms with van der Waals surface area (Å²) in [6.45, 7) is 3.57. The van der Waals surface area contributed by atoms with Gasteiger partial charge in [0.2, 0.25) is 0 Å². The van der Waals surface area contributed by atoms with E-state index >= 15 is 0 Å². The number of benzene rings is 1. The smallest absolute Gasteiger partial charge is 0.337 e. The fourth-order valence-corrected chi connectivity index (χ4v) is 2.83. The van der Waals surface area contributed by atoms with Crippen molar-refractivity contribution in [1.82, 2.24) is 4.90 Å². The Morgan fingerprint density at radius 1 is 1.48 bits per heavy atom. The molecule has 1 aliphatic heterocycles. The van der Waals surface area contributed by atoms with Crippen LogP contribution in [0.15, 0.2) is 18.2 Å². The molecule has 0 aromatic heterocycles. The van der Waals surface area contributed by atoms with Crippen LogP contribution in [-0.4, -0.2) is 35.1 Å². The predicted molar refractivity (Wildman–Crippen MR) is 82.0 cm³/mol. The molecule has 0 aliphatic carbocycles. The number of aromatic carboxylic acids is 1. The van der Waals surface area contributed by atoms with Crippen molar-refractivity contribution in [3.05, 3.63) is 28.8 Å². The lowest BCUT2D eigenvalue weighted by molar-refractivity contribution is 0.0698. The van der Waals surface area contributed by atoms with Crippen molar-refractivity contribution in [1.29, 1.82) is 0 Å². The van der Waals surface area contributed by atoms with Gasteiger partial charge >= 0.3 is 12.0 Å². The molecule has 1 aromatic rings. The van der Waals surface area contributed by atoms with E-state index in [9.17, 15) is 9.59 Å². The van der Waals surface area contributed by atoms with Crippen LogP contribution in [0.5, 0.6) is 0 Å². The molecule has 21 heavy (non-hydrogen) atoms. The van der Waals surface area contributed by atoms with E-state index in [0.717, 1.165) is 25.8 Å². The van der Waals surface area contributed by atoms with Gasteiger partial charge in [-0.05, 0) is 37.0 Å². The predicted octanol–water partition coefficient (Wildman–Crippen LogP) is 3.69. The van der Waals surface area contributed by atoms with Crippen molar-refractivity contribution in [3.63, 3.8) is 0 Å². The van der Waals surface area contributed by atoms with Crippen LogP contribution in [0.25, 0.3) is 0 Å². The molecular weight excluding hydrogens is 292 g/mol. The third-order valence-corrected chi connectivity index (χ3v) is 3.96. The number of urea groups is 1. The minimum Gasteiger partial charge on any atom is -0.478 e. The van der Waals surface area contributed by atoms with Gasteiger partial charge in [0.1, 0.15) is 0 Å². The zero-order valence-electron chi connectivity index (χ0n) is 11.9. The monoisotopic (exact) mass is 310 g/mol. The summed E-state index contributed by atoms with van der Waals surface area (Å²) in [6, 6.07) is 4.08. The Hall–Kier alpha value is -1.75. The number of rotatable bonds is 4. The largest absolute Gasteiger partial charge is 0.478 e. The first-order valence-electron chi connectivity index (χ1n) is 7.10. The molecule has 0 bridgehead atoms. The number of carboxylic acid groups (broad SMARTS) is 1. The van der Waals surface area contributed by atoms with Gasteiger partial charge in [0.05, 0.1) is 11.3 Å². The topological polar surface area (TPSA) is 69.6 Å². The van der Waals surface area contributed by atoms with Crippen LogP contribution in [-0.2, 0) is 0 Å². The molecule has 2 N–H and O–H groups in total. The molecule has 1 heterocycles. The lowest BCUT2D eigenvalue weighted by atomic mass is 10.0. The molecular formula is C15H19ClN2O3. The first-order chi connectivity index (χ1) is 10.0. The Balaban J connectivity index is 2.06. The highest BCUT2D eigenvalue weighted by Gasteiger charge is 2.26. The summed E-state index contributed by atoms with van der Waals surface area (Å²) in [5, 5.41) is 12.2. The van der Waals surface area contributed by atoms with Crippen molar-refractivity contribution in [3.8, 4) is 0 Å². The first kappa shape index (κ1) is 15.6. The lowest BCUT2D eigenvalue weighted by Gasteiger charge is -2.18. The normalized spacial score (nSPS) is 17.8. The van der Waals surface area contributed by atoms with E-state index in [-0.39, 0.29) is 17.3 Å². The molecule has 6 heteroatoms. The zero-order chi connectivity index (χ0) is 15.4. The van der Waals surface area contributed by atoms with Gasteiger partial charge in [0, 0.05) is 18.1 Å². The van der Waals surface area contributed by atoms with Gasteiger partial charge in [-0.1, -0.05) is 24.9 Å². The third-order valence-electron chi connectivity index (χ3n) is 3.72. The summed E-state index contributed by atoms with van der Waals surface area (Å²) in [4.78, 5) is 25.1. The summed E-state index contributed by atoms with van der Waals surface area (Å²) >= 11 is 5.87. The van der Waals surface area contributed by atoms with E-state index in [1.165, 1.54) is 18.2 Å². The molecule has 1 aromatic carbocycles. The van der Waals surface area contributed by atoms with Crippen LogP contribution in [0.4, 0.5) is 10.5 Å². The fourth-order valence-electron chi connectivity index (χ4n) is 2.66. The molecule has 0 saturated carbocycles. The van der Waals surface area contributed by atoms with Crippen LogP contribution >= 0.6 is 11.6 Å². The van der Waals surface area contributed by atoms with E-state index < -0.39 is 5.97 Å². The van der Waals surface area contributed by atoms with Crippen molar-refractivity contribution < 1.29 is 14.7 Å². The van der Waals surface area contributed by atoms with Crippen molar-refractivity contribution >= 4 is 29.3 Å². The zero-order valence-corrected chi connectivity index (χ0v) is 12.7. The highest BCUT2D eigenvalue weighted by molar-refractivity contribution is 6.31. The number of halogens is 1. The molecule has 1 saturated heterocycles. The van der Waals surface area contributed by atoms with Crippen LogP contribution in [0.1, 0.15) is 36.5 Å². The van der Waals surface area contributed by atoms with E-state index in [1.807, 2.05) is 0 Å². The Labute approximate surface area is 128 Å². The number of carbonyl (C=O) groups excluding carboxylic acids is 1. The van der Waals surface area contributed by atoms with Crippen molar-refractivity contribution in [2.24, 2.45) is 5.92 Å². The second-order valence-corrected chi connectivity index (χ2v) is 5.75. The maximum Gasteiger partial charge on any atom is 0.337 e. The molecule has 2 amide bonds. The van der Waals surface area contributed by atoms with Crippen LogP contribution in [0.2, 0.25) is 5.02 Å². The van der Waals surface area contributed by atoms with Gasteiger partial charge < -0.3 is 15.3 Å². The van der Waals surface area contributed by atoms with E-state index in [2.05, 4.69) is 12.2 Å². The molecule has 0 spiro atoms. The Bertz CT molecular complexity index is 548. The first-order valence-corrected chi connectivity index (χ1v) is 7.47. The number of carbonyl (C=O) groups is 2. The van der Waals surface area contributed by atoms with Crippen LogP contribution in [0.3, 0.4) is 0 Å². The molecule has 2 rings (SSSR count). The highest BCUT2D eigenvalue weighted by atomic mass is 35.5. The second-order valence-electron chi connectivity index (χ2n) is 5.31. The van der Waals surface area contributed by atoms with Gasteiger partial charge in [-0.25, -0.2) is 9.59 Å². The molecule has 1 aliphatic rings. The summed E-state index contributed by atoms with van der Waals surface area (Å²) in [5.74, 6) is -0.550. The number of nitrogens with zero attached hydrogens (tertiary/aromatic N) is 1. The standard InChI is InChI=1S/C15H19ClN2O3/c1-2-3-10-6-7-18(9-10)15(21)17-13-8-11(16)4-5-12(13)14(19)20/h4-5,8,10H,2-3,6-7,9H2,1H3,(H,17,21)(H,19,20). The SMILES string of the molecule is CCCC1CCN(C(=O)Nc2cc(Cl)ccc2C(=O)O)C1. The fraction of sp³-hybridized carbons (Fsp3) is 0.467. The summed E-state index contributed by atoms with van der Waals surface area (Å²) in [6.07, 6.45) is 3.22. The van der Waals surface area contributed by atoms with E-state index in [4.69, 9.17) is 16.7 Å². The minimum atomic E-state index is -1.09. The van der Waals surface area contributed by atoms with Gasteiger partial charge in [0.15, 0.2) is 0 Å². The Morgan fingerprint density at radius 3 is 2.90 bits per heavy atom. The van der Waals surface area contributed by atoms with Gasteiger partial charge in [-0.2, -0.15) is 0 Å². The van der Waals surface area contributed by atoms with Gasteiger partial charge in [0.25, 0.3) is 0 Å². The van der Waals surface area contributed by atoms with Crippen LogP contribution in [0, 0.1) is 5.92 Å². The van der Waals surface area contributed by atoms with Crippen molar-refractivity contribution in [2.75, 3.05) is 18.4 Å². The minimum absolute atomic E-state index is 0.0389.